The van der Waals surface area contributed by atoms with E-state index < -0.39 is 11.2 Å². The predicted octanol–water partition coefficient (Wildman–Crippen LogP) is 2.89. The van der Waals surface area contributed by atoms with Crippen molar-refractivity contribution in [2.75, 3.05) is 0 Å². The lowest BCUT2D eigenvalue weighted by Gasteiger charge is -2.15. The number of nitrogens with zero attached hydrogens (tertiary/aromatic N) is 2. The van der Waals surface area contributed by atoms with Crippen molar-refractivity contribution in [2.45, 2.75) is 24.1 Å². The molecule has 1 atom stereocenters. The maximum atomic E-state index is 11.2. The molecule has 1 unspecified atom stereocenters. The highest BCUT2D eigenvalue weighted by Gasteiger charge is 2.24. The van der Waals surface area contributed by atoms with Crippen LogP contribution in [0.4, 0.5) is 0 Å². The van der Waals surface area contributed by atoms with E-state index in [0.29, 0.717) is 0 Å². The van der Waals surface area contributed by atoms with Gasteiger partial charge in [-0.15, -0.1) is 11.3 Å². The minimum absolute atomic E-state index is 0.0566. The molecule has 0 saturated heterocycles. The summed E-state index contributed by atoms with van der Waals surface area (Å²) in [6.07, 6.45) is 1.49. The topological polar surface area (TPSA) is 63.1 Å². The van der Waals surface area contributed by atoms with Crippen LogP contribution < -0.4 is 0 Å². The van der Waals surface area contributed by atoms with Crippen LogP contribution >= 0.6 is 23.1 Å². The lowest BCUT2D eigenvalue weighted by molar-refractivity contribution is -0.137. The van der Waals surface area contributed by atoms with E-state index in [1.807, 2.05) is 25.3 Å². The van der Waals surface area contributed by atoms with Gasteiger partial charge >= 0.3 is 5.97 Å². The zero-order chi connectivity index (χ0) is 12.4. The Labute approximate surface area is 107 Å². The molecule has 0 amide bonds. The van der Waals surface area contributed by atoms with Crippen LogP contribution in [0.25, 0.3) is 10.2 Å². The molecule has 4 nitrogen and oxygen atoms in total. The van der Waals surface area contributed by atoms with E-state index in [0.717, 1.165) is 15.2 Å². The molecule has 0 spiro atoms. The number of thioether (sulfide) groups is 1. The van der Waals surface area contributed by atoms with Gasteiger partial charge in [-0.2, -0.15) is 0 Å². The molecular weight excluding hydrogens is 256 g/mol. The fraction of sp³-hybridized carbons (Fsp3) is 0.364. The average molecular weight is 268 g/mol. The van der Waals surface area contributed by atoms with E-state index in [-0.39, 0.29) is 5.92 Å². The lowest BCUT2D eigenvalue weighted by Crippen LogP contribution is -2.22. The molecule has 0 fully saturated rings. The van der Waals surface area contributed by atoms with E-state index >= 15 is 0 Å². The smallest absolute Gasteiger partial charge is 0.317 e. The summed E-state index contributed by atoms with van der Waals surface area (Å²) in [5, 5.41) is 12.3. The SMILES string of the molecule is CC(C)C(Sc1ncnc2sccc12)C(=O)O. The van der Waals surface area contributed by atoms with E-state index in [1.54, 1.807) is 0 Å². The first-order chi connectivity index (χ1) is 8.09. The van der Waals surface area contributed by atoms with Gasteiger partial charge < -0.3 is 5.11 Å². The van der Waals surface area contributed by atoms with Crippen LogP contribution in [0.2, 0.25) is 0 Å². The summed E-state index contributed by atoms with van der Waals surface area (Å²) in [4.78, 5) is 20.4. The van der Waals surface area contributed by atoms with E-state index in [1.165, 1.54) is 29.4 Å². The van der Waals surface area contributed by atoms with Crippen molar-refractivity contribution in [2.24, 2.45) is 5.92 Å². The normalized spacial score (nSPS) is 13.1. The summed E-state index contributed by atoms with van der Waals surface area (Å²) in [5.41, 5.74) is 0. The molecule has 2 aromatic heterocycles. The Morgan fingerprint density at radius 2 is 2.24 bits per heavy atom. The summed E-state index contributed by atoms with van der Waals surface area (Å²) in [6.45, 7) is 3.80. The van der Waals surface area contributed by atoms with Crippen LogP contribution in [0, 0.1) is 5.92 Å². The van der Waals surface area contributed by atoms with Crippen molar-refractivity contribution in [3.63, 3.8) is 0 Å². The third-order valence-electron chi connectivity index (χ3n) is 2.31. The molecular formula is C11H12N2O2S2. The maximum absolute atomic E-state index is 11.2. The van der Waals surface area contributed by atoms with E-state index in [4.69, 9.17) is 5.11 Å². The zero-order valence-electron chi connectivity index (χ0n) is 9.45. The van der Waals surface area contributed by atoms with Gasteiger partial charge in [-0.1, -0.05) is 25.6 Å². The van der Waals surface area contributed by atoms with Gasteiger partial charge in [0.25, 0.3) is 0 Å². The van der Waals surface area contributed by atoms with Crippen molar-refractivity contribution >= 4 is 39.3 Å². The number of rotatable bonds is 4. The molecule has 0 saturated carbocycles. The van der Waals surface area contributed by atoms with Crippen LogP contribution in [-0.4, -0.2) is 26.3 Å². The van der Waals surface area contributed by atoms with Crippen LogP contribution in [0.5, 0.6) is 0 Å². The predicted molar refractivity (Wildman–Crippen MR) is 69.5 cm³/mol. The highest BCUT2D eigenvalue weighted by molar-refractivity contribution is 8.00. The number of carboxylic acid groups (broad SMARTS) is 1. The quantitative estimate of drug-likeness (QED) is 0.682. The average Bonchev–Trinajstić information content (AvgIpc) is 2.73. The molecule has 2 rings (SSSR count). The standard InChI is InChI=1S/C11H12N2O2S2/c1-6(2)8(11(14)15)17-10-7-3-4-16-9(7)12-5-13-10/h3-6,8H,1-2H3,(H,14,15). The minimum atomic E-state index is -0.799. The van der Waals surface area contributed by atoms with Gasteiger partial charge in [0.1, 0.15) is 21.4 Å². The number of hydrogen-bond donors (Lipinski definition) is 1. The first-order valence-corrected chi connectivity index (χ1v) is 6.93. The molecule has 90 valence electrons. The number of carbonyl (C=O) groups is 1. The van der Waals surface area contributed by atoms with Gasteiger partial charge in [0.05, 0.1) is 0 Å². The Balaban J connectivity index is 2.34. The van der Waals surface area contributed by atoms with E-state index in [2.05, 4.69) is 9.97 Å². The summed E-state index contributed by atoms with van der Waals surface area (Å²) in [7, 11) is 0. The van der Waals surface area contributed by atoms with Gasteiger partial charge in [0, 0.05) is 5.39 Å². The monoisotopic (exact) mass is 268 g/mol. The molecule has 0 aliphatic rings. The Morgan fingerprint density at radius 1 is 1.47 bits per heavy atom. The number of aliphatic carboxylic acids is 1. The highest BCUT2D eigenvalue weighted by atomic mass is 32.2. The van der Waals surface area contributed by atoms with Crippen LogP contribution in [0.1, 0.15) is 13.8 Å². The summed E-state index contributed by atoms with van der Waals surface area (Å²) < 4.78 is 0. The molecule has 2 aromatic rings. The van der Waals surface area contributed by atoms with Crippen LogP contribution in [-0.2, 0) is 4.79 Å². The third kappa shape index (κ3) is 2.58. The van der Waals surface area contributed by atoms with Gasteiger partial charge in [-0.3, -0.25) is 4.79 Å². The van der Waals surface area contributed by atoms with Crippen LogP contribution in [0.3, 0.4) is 0 Å². The molecule has 0 aliphatic carbocycles. The fourth-order valence-electron chi connectivity index (χ4n) is 1.45. The summed E-state index contributed by atoms with van der Waals surface area (Å²) >= 11 is 2.83. The first kappa shape index (κ1) is 12.3. The Kier molecular flexibility index (Phi) is 3.63. The second-order valence-electron chi connectivity index (χ2n) is 3.94. The number of thiophene rings is 1. The number of fused-ring (bicyclic) bond motifs is 1. The van der Waals surface area contributed by atoms with Gasteiger partial charge in [0.15, 0.2) is 0 Å². The molecule has 17 heavy (non-hydrogen) atoms. The molecule has 6 heteroatoms. The van der Waals surface area contributed by atoms with Crippen molar-refractivity contribution < 1.29 is 9.90 Å². The van der Waals surface area contributed by atoms with Crippen molar-refractivity contribution in [3.05, 3.63) is 17.8 Å². The van der Waals surface area contributed by atoms with Gasteiger partial charge in [0.2, 0.25) is 0 Å². The third-order valence-corrected chi connectivity index (χ3v) is 4.68. The van der Waals surface area contributed by atoms with Gasteiger partial charge in [-0.05, 0) is 17.4 Å². The largest absolute Gasteiger partial charge is 0.480 e. The number of aromatic nitrogens is 2. The molecule has 1 N–H and O–H groups in total. The summed E-state index contributed by atoms with van der Waals surface area (Å²) in [5.74, 6) is -0.742. The second-order valence-corrected chi connectivity index (χ2v) is 5.96. The molecule has 0 aliphatic heterocycles. The molecule has 0 bridgehead atoms. The molecule has 2 heterocycles. The first-order valence-electron chi connectivity index (χ1n) is 5.17. The summed E-state index contributed by atoms with van der Waals surface area (Å²) in [6, 6.07) is 1.93. The minimum Gasteiger partial charge on any atom is -0.480 e. The zero-order valence-corrected chi connectivity index (χ0v) is 11.1. The van der Waals surface area contributed by atoms with Crippen molar-refractivity contribution in [1.82, 2.24) is 9.97 Å². The van der Waals surface area contributed by atoms with Crippen molar-refractivity contribution in [3.8, 4) is 0 Å². The lowest BCUT2D eigenvalue weighted by atomic mass is 10.1. The molecule has 0 aromatic carbocycles. The highest BCUT2D eigenvalue weighted by Crippen LogP contribution is 2.33. The van der Waals surface area contributed by atoms with Crippen molar-refractivity contribution in [1.29, 1.82) is 0 Å². The fourth-order valence-corrected chi connectivity index (χ4v) is 3.26. The van der Waals surface area contributed by atoms with Gasteiger partial charge in [-0.25, -0.2) is 9.97 Å². The number of hydrogen-bond acceptors (Lipinski definition) is 5. The Hall–Kier alpha value is -1.14. The second kappa shape index (κ2) is 5.01. The number of carboxylic acids is 1. The molecule has 0 radical (unpaired) electrons. The maximum Gasteiger partial charge on any atom is 0.317 e. The Bertz CT molecular complexity index is 539. The Morgan fingerprint density at radius 3 is 2.88 bits per heavy atom. The van der Waals surface area contributed by atoms with E-state index in [9.17, 15) is 4.79 Å². The van der Waals surface area contributed by atoms with Crippen LogP contribution in [0.15, 0.2) is 22.8 Å².